The predicted octanol–water partition coefficient (Wildman–Crippen LogP) is 3.50. The molecule has 0 unspecified atom stereocenters. The molecule has 0 spiro atoms. The maximum absolute atomic E-state index is 12.7. The van der Waals surface area contributed by atoms with Crippen LogP contribution in [0.15, 0.2) is 12.1 Å². The number of carboxylic acid groups (broad SMARTS) is 1. The van der Waals surface area contributed by atoms with Crippen LogP contribution >= 0.6 is 11.8 Å². The van der Waals surface area contributed by atoms with E-state index in [4.69, 9.17) is 5.11 Å². The third-order valence-electron chi connectivity index (χ3n) is 3.69. The van der Waals surface area contributed by atoms with Crippen molar-refractivity contribution in [3.63, 3.8) is 0 Å². The molecule has 1 heterocycles. The first kappa shape index (κ1) is 15.9. The quantitative estimate of drug-likeness (QED) is 0.869. The number of hydrogen-bond acceptors (Lipinski definition) is 4. The number of alkyl halides is 3. The van der Waals surface area contributed by atoms with Gasteiger partial charge in [-0.15, -0.1) is 0 Å². The lowest BCUT2D eigenvalue weighted by Gasteiger charge is -2.40. The number of halogens is 3. The molecule has 1 fully saturated rings. The standard InChI is InChI=1S/C13H15F3N2O2S/c1-21-12(5-2-6-12)7-17-10-8(11(19)20)3-4-9(18-10)13(14,15)16/h3-4H,2,5-7H2,1H3,(H,17,18)(H,19,20). The Balaban J connectivity index is 2.24. The third-order valence-corrected chi connectivity index (χ3v) is 5.11. The minimum absolute atomic E-state index is 0.0360. The van der Waals surface area contributed by atoms with Crippen molar-refractivity contribution < 1.29 is 23.1 Å². The number of pyridine rings is 1. The van der Waals surface area contributed by atoms with E-state index in [0.29, 0.717) is 12.6 Å². The van der Waals surface area contributed by atoms with Gasteiger partial charge in [0.25, 0.3) is 0 Å². The molecule has 0 aliphatic heterocycles. The van der Waals surface area contributed by atoms with Crippen molar-refractivity contribution >= 4 is 23.5 Å². The second-order valence-corrected chi connectivity index (χ2v) is 6.26. The van der Waals surface area contributed by atoms with E-state index in [0.717, 1.165) is 25.3 Å². The number of nitrogens with zero attached hydrogens (tertiary/aromatic N) is 1. The topological polar surface area (TPSA) is 62.2 Å². The Morgan fingerprint density at radius 1 is 1.48 bits per heavy atom. The summed E-state index contributed by atoms with van der Waals surface area (Å²) in [6.07, 6.45) is 0.342. The molecular weight excluding hydrogens is 305 g/mol. The molecular formula is C13H15F3N2O2S. The molecule has 0 aromatic carbocycles. The van der Waals surface area contributed by atoms with Crippen LogP contribution < -0.4 is 5.32 Å². The lowest BCUT2D eigenvalue weighted by molar-refractivity contribution is -0.141. The van der Waals surface area contributed by atoms with Crippen molar-refractivity contribution in [1.82, 2.24) is 4.98 Å². The first-order chi connectivity index (χ1) is 9.77. The highest BCUT2D eigenvalue weighted by Gasteiger charge is 2.37. The molecule has 0 radical (unpaired) electrons. The van der Waals surface area contributed by atoms with Gasteiger partial charge in [0.05, 0.1) is 0 Å². The fraction of sp³-hybridized carbons (Fsp3) is 0.538. The van der Waals surface area contributed by atoms with Gasteiger partial charge in [0, 0.05) is 11.3 Å². The number of hydrogen-bond donors (Lipinski definition) is 2. The molecule has 0 saturated heterocycles. The summed E-state index contributed by atoms with van der Waals surface area (Å²) in [5.74, 6) is -1.52. The molecule has 4 nitrogen and oxygen atoms in total. The first-order valence-electron chi connectivity index (χ1n) is 6.38. The van der Waals surface area contributed by atoms with Gasteiger partial charge in [0.15, 0.2) is 0 Å². The summed E-state index contributed by atoms with van der Waals surface area (Å²) in [7, 11) is 0. The Hall–Kier alpha value is -1.44. The van der Waals surface area contributed by atoms with Gasteiger partial charge in [-0.25, -0.2) is 9.78 Å². The van der Waals surface area contributed by atoms with E-state index < -0.39 is 17.8 Å². The van der Waals surface area contributed by atoms with Crippen LogP contribution in [-0.2, 0) is 6.18 Å². The highest BCUT2D eigenvalue weighted by Crippen LogP contribution is 2.42. The molecule has 2 rings (SSSR count). The molecule has 1 saturated carbocycles. The Morgan fingerprint density at radius 3 is 2.57 bits per heavy atom. The number of thioether (sulfide) groups is 1. The van der Waals surface area contributed by atoms with Crippen molar-refractivity contribution in [3.8, 4) is 0 Å². The van der Waals surface area contributed by atoms with Gasteiger partial charge in [-0.05, 0) is 31.2 Å². The summed E-state index contributed by atoms with van der Waals surface area (Å²) in [5, 5.41) is 11.8. The molecule has 0 atom stereocenters. The van der Waals surface area contributed by atoms with Crippen LogP contribution in [0, 0.1) is 0 Å². The maximum Gasteiger partial charge on any atom is 0.433 e. The Labute approximate surface area is 124 Å². The van der Waals surface area contributed by atoms with E-state index in [-0.39, 0.29) is 16.1 Å². The van der Waals surface area contributed by atoms with Crippen molar-refractivity contribution in [2.45, 2.75) is 30.2 Å². The number of aromatic nitrogens is 1. The zero-order valence-corrected chi connectivity index (χ0v) is 12.1. The van der Waals surface area contributed by atoms with Gasteiger partial charge >= 0.3 is 12.1 Å². The number of rotatable bonds is 5. The number of nitrogens with one attached hydrogen (secondary N) is 1. The molecule has 1 aliphatic carbocycles. The number of aromatic carboxylic acids is 1. The van der Waals surface area contributed by atoms with Crippen LogP contribution in [0.1, 0.15) is 35.3 Å². The molecule has 1 aromatic heterocycles. The van der Waals surface area contributed by atoms with Gasteiger partial charge in [-0.1, -0.05) is 6.42 Å². The fourth-order valence-corrected chi connectivity index (χ4v) is 3.11. The van der Waals surface area contributed by atoms with Crippen molar-refractivity contribution in [3.05, 3.63) is 23.4 Å². The van der Waals surface area contributed by atoms with E-state index >= 15 is 0 Å². The second kappa shape index (κ2) is 5.75. The van der Waals surface area contributed by atoms with Crippen LogP contribution in [0.2, 0.25) is 0 Å². The molecule has 116 valence electrons. The molecule has 1 aromatic rings. The summed E-state index contributed by atoms with van der Waals surface area (Å²) < 4.78 is 38.0. The average molecular weight is 320 g/mol. The summed E-state index contributed by atoms with van der Waals surface area (Å²) >= 11 is 1.64. The van der Waals surface area contributed by atoms with E-state index in [2.05, 4.69) is 10.3 Å². The van der Waals surface area contributed by atoms with Crippen LogP contribution in [0.3, 0.4) is 0 Å². The van der Waals surface area contributed by atoms with Crippen LogP contribution in [-0.4, -0.2) is 33.6 Å². The van der Waals surface area contributed by atoms with Crippen molar-refractivity contribution in [1.29, 1.82) is 0 Å². The minimum atomic E-state index is -4.60. The Kier molecular flexibility index (Phi) is 4.36. The monoisotopic (exact) mass is 320 g/mol. The Bertz CT molecular complexity index is 539. The highest BCUT2D eigenvalue weighted by molar-refractivity contribution is 8.00. The summed E-state index contributed by atoms with van der Waals surface area (Å²) in [6, 6.07) is 1.62. The van der Waals surface area contributed by atoms with E-state index in [1.54, 1.807) is 11.8 Å². The summed E-state index contributed by atoms with van der Waals surface area (Å²) in [6.45, 7) is 0.406. The van der Waals surface area contributed by atoms with Crippen molar-refractivity contribution in [2.75, 3.05) is 18.1 Å². The smallest absolute Gasteiger partial charge is 0.433 e. The van der Waals surface area contributed by atoms with Gasteiger partial charge in [0.2, 0.25) is 0 Å². The molecule has 1 aliphatic rings. The normalized spacial score (nSPS) is 17.1. The zero-order valence-electron chi connectivity index (χ0n) is 11.3. The highest BCUT2D eigenvalue weighted by atomic mass is 32.2. The first-order valence-corrected chi connectivity index (χ1v) is 7.60. The molecule has 8 heteroatoms. The average Bonchev–Trinajstić information content (AvgIpc) is 2.36. The molecule has 0 amide bonds. The zero-order chi connectivity index (χ0) is 15.7. The summed E-state index contributed by atoms with van der Waals surface area (Å²) in [5.41, 5.74) is -1.35. The van der Waals surface area contributed by atoms with Crippen LogP contribution in [0.5, 0.6) is 0 Å². The number of carbonyl (C=O) groups is 1. The van der Waals surface area contributed by atoms with Crippen molar-refractivity contribution in [2.24, 2.45) is 0 Å². The molecule has 2 N–H and O–H groups in total. The van der Waals surface area contributed by atoms with E-state index in [1.807, 2.05) is 6.26 Å². The van der Waals surface area contributed by atoms with Gasteiger partial charge in [-0.2, -0.15) is 24.9 Å². The maximum atomic E-state index is 12.7. The number of carboxylic acids is 1. The second-order valence-electron chi connectivity index (χ2n) is 4.99. The van der Waals surface area contributed by atoms with Gasteiger partial charge < -0.3 is 10.4 Å². The fourth-order valence-electron chi connectivity index (χ4n) is 2.19. The lowest BCUT2D eigenvalue weighted by Crippen LogP contribution is -2.40. The van der Waals surface area contributed by atoms with Crippen LogP contribution in [0.25, 0.3) is 0 Å². The van der Waals surface area contributed by atoms with Crippen LogP contribution in [0.4, 0.5) is 19.0 Å². The largest absolute Gasteiger partial charge is 0.478 e. The Morgan fingerprint density at radius 2 is 2.14 bits per heavy atom. The van der Waals surface area contributed by atoms with E-state index in [1.165, 1.54) is 0 Å². The third kappa shape index (κ3) is 3.42. The molecule has 21 heavy (non-hydrogen) atoms. The van der Waals surface area contributed by atoms with E-state index in [9.17, 15) is 18.0 Å². The van der Waals surface area contributed by atoms with Gasteiger partial charge in [0.1, 0.15) is 17.1 Å². The number of anilines is 1. The van der Waals surface area contributed by atoms with Gasteiger partial charge in [-0.3, -0.25) is 0 Å². The predicted molar refractivity (Wildman–Crippen MR) is 74.8 cm³/mol. The SMILES string of the molecule is CSC1(CNc2nc(C(F)(F)F)ccc2C(=O)O)CCC1. The summed E-state index contributed by atoms with van der Waals surface area (Å²) in [4.78, 5) is 14.5. The molecule has 0 bridgehead atoms. The lowest BCUT2D eigenvalue weighted by atomic mass is 9.84. The minimum Gasteiger partial charge on any atom is -0.478 e.